The molecule has 0 N–H and O–H groups in total. The van der Waals surface area contributed by atoms with Crippen LogP contribution in [-0.2, 0) is 4.74 Å². The maximum atomic E-state index is 12.6. The minimum absolute atomic E-state index is 0.111. The van der Waals surface area contributed by atoms with E-state index in [-0.39, 0.29) is 11.9 Å². The molecule has 0 saturated carbocycles. The van der Waals surface area contributed by atoms with Crippen molar-refractivity contribution in [1.82, 2.24) is 4.90 Å². The standard InChI is InChI=1S/C17H25NO3/c1-5-14-11-21-13(3)9-18(14)10-16(19)15-7-6-12(2)8-17(15)20-4/h6-8,13-14H,5,9-11H2,1-4H3. The van der Waals surface area contributed by atoms with Gasteiger partial charge in [-0.3, -0.25) is 9.69 Å². The van der Waals surface area contributed by atoms with Crippen LogP contribution in [0.4, 0.5) is 0 Å². The fraction of sp³-hybridized carbons (Fsp3) is 0.588. The minimum Gasteiger partial charge on any atom is -0.496 e. The summed E-state index contributed by atoms with van der Waals surface area (Å²) < 4.78 is 11.0. The summed E-state index contributed by atoms with van der Waals surface area (Å²) in [6, 6.07) is 6.05. The molecule has 0 aromatic heterocycles. The molecule has 0 amide bonds. The van der Waals surface area contributed by atoms with Crippen LogP contribution in [0.5, 0.6) is 5.75 Å². The summed E-state index contributed by atoms with van der Waals surface area (Å²) in [6.45, 7) is 8.11. The van der Waals surface area contributed by atoms with Gasteiger partial charge in [0.05, 0.1) is 31.9 Å². The third kappa shape index (κ3) is 3.83. The highest BCUT2D eigenvalue weighted by molar-refractivity contribution is 6.00. The van der Waals surface area contributed by atoms with Gasteiger partial charge in [0.2, 0.25) is 0 Å². The Labute approximate surface area is 127 Å². The lowest BCUT2D eigenvalue weighted by molar-refractivity contribution is -0.0523. The third-order valence-electron chi connectivity index (χ3n) is 4.06. The van der Waals surface area contributed by atoms with Crippen LogP contribution in [0.1, 0.15) is 36.2 Å². The van der Waals surface area contributed by atoms with Crippen LogP contribution in [-0.4, -0.2) is 49.6 Å². The number of ketones is 1. The zero-order chi connectivity index (χ0) is 15.4. The van der Waals surface area contributed by atoms with Crippen LogP contribution < -0.4 is 4.74 Å². The van der Waals surface area contributed by atoms with Gasteiger partial charge < -0.3 is 9.47 Å². The van der Waals surface area contributed by atoms with Gasteiger partial charge in [-0.15, -0.1) is 0 Å². The zero-order valence-electron chi connectivity index (χ0n) is 13.4. The van der Waals surface area contributed by atoms with E-state index >= 15 is 0 Å². The number of rotatable bonds is 5. The molecule has 4 heteroatoms. The summed E-state index contributed by atoms with van der Waals surface area (Å²) in [5, 5.41) is 0. The molecule has 2 unspecified atom stereocenters. The first-order valence-electron chi connectivity index (χ1n) is 7.58. The van der Waals surface area contributed by atoms with Gasteiger partial charge in [0.15, 0.2) is 5.78 Å². The van der Waals surface area contributed by atoms with E-state index < -0.39 is 0 Å². The smallest absolute Gasteiger partial charge is 0.180 e. The van der Waals surface area contributed by atoms with Crippen molar-refractivity contribution in [2.45, 2.75) is 39.3 Å². The summed E-state index contributed by atoms with van der Waals surface area (Å²) in [7, 11) is 1.61. The number of morpholine rings is 1. The quantitative estimate of drug-likeness (QED) is 0.782. The second-order valence-corrected chi connectivity index (χ2v) is 5.76. The summed E-state index contributed by atoms with van der Waals surface area (Å²) in [5.41, 5.74) is 1.76. The predicted molar refractivity (Wildman–Crippen MR) is 83.1 cm³/mol. The van der Waals surface area contributed by atoms with Crippen LogP contribution in [0.25, 0.3) is 0 Å². The average molecular weight is 291 g/mol. The topological polar surface area (TPSA) is 38.8 Å². The van der Waals surface area contributed by atoms with Crippen molar-refractivity contribution < 1.29 is 14.3 Å². The van der Waals surface area contributed by atoms with Gasteiger partial charge in [-0.1, -0.05) is 13.0 Å². The molecular weight excluding hydrogens is 266 g/mol. The lowest BCUT2D eigenvalue weighted by atomic mass is 10.0. The Kier molecular flexibility index (Phi) is 5.37. The lowest BCUT2D eigenvalue weighted by Gasteiger charge is -2.37. The molecule has 0 spiro atoms. The van der Waals surface area contributed by atoms with Gasteiger partial charge in [0.1, 0.15) is 5.75 Å². The summed E-state index contributed by atoms with van der Waals surface area (Å²) in [5.74, 6) is 0.772. The Morgan fingerprint density at radius 3 is 2.90 bits per heavy atom. The van der Waals surface area contributed by atoms with E-state index in [1.165, 1.54) is 0 Å². The Morgan fingerprint density at radius 1 is 1.48 bits per heavy atom. The molecule has 4 nitrogen and oxygen atoms in total. The molecule has 1 aromatic carbocycles. The minimum atomic E-state index is 0.111. The SMILES string of the molecule is CCC1COC(C)CN1CC(=O)c1ccc(C)cc1OC. The maximum absolute atomic E-state index is 12.6. The molecule has 1 aromatic rings. The van der Waals surface area contributed by atoms with Crippen molar-refractivity contribution in [3.05, 3.63) is 29.3 Å². The molecule has 21 heavy (non-hydrogen) atoms. The third-order valence-corrected chi connectivity index (χ3v) is 4.06. The highest BCUT2D eigenvalue weighted by atomic mass is 16.5. The normalized spacial score (nSPS) is 23.0. The maximum Gasteiger partial charge on any atom is 0.180 e. The number of carbonyl (C=O) groups is 1. The fourth-order valence-corrected chi connectivity index (χ4v) is 2.78. The number of Topliss-reactive ketones (excluding diaryl/α,β-unsaturated/α-hetero) is 1. The van der Waals surface area contributed by atoms with E-state index in [4.69, 9.17) is 9.47 Å². The van der Waals surface area contributed by atoms with E-state index in [0.29, 0.717) is 30.5 Å². The zero-order valence-corrected chi connectivity index (χ0v) is 13.4. The van der Waals surface area contributed by atoms with Crippen LogP contribution >= 0.6 is 0 Å². The molecule has 2 atom stereocenters. The van der Waals surface area contributed by atoms with Gasteiger partial charge >= 0.3 is 0 Å². The molecule has 116 valence electrons. The number of carbonyl (C=O) groups excluding carboxylic acids is 1. The number of aryl methyl sites for hydroxylation is 1. The largest absolute Gasteiger partial charge is 0.496 e. The van der Waals surface area contributed by atoms with Gasteiger partial charge in [-0.05, 0) is 38.0 Å². The van der Waals surface area contributed by atoms with Crippen molar-refractivity contribution in [3.8, 4) is 5.75 Å². The summed E-state index contributed by atoms with van der Waals surface area (Å²) in [4.78, 5) is 14.8. The lowest BCUT2D eigenvalue weighted by Crippen LogP contribution is -2.50. The molecule has 1 heterocycles. The number of hydrogen-bond donors (Lipinski definition) is 0. The molecule has 1 saturated heterocycles. The average Bonchev–Trinajstić information content (AvgIpc) is 2.47. The molecule has 1 fully saturated rings. The molecular formula is C17H25NO3. The van der Waals surface area contributed by atoms with Gasteiger partial charge in [-0.2, -0.15) is 0 Å². The molecule has 0 aliphatic carbocycles. The Balaban J connectivity index is 2.13. The molecule has 0 radical (unpaired) electrons. The van der Waals surface area contributed by atoms with E-state index in [0.717, 1.165) is 18.5 Å². The summed E-state index contributed by atoms with van der Waals surface area (Å²) in [6.07, 6.45) is 1.17. The molecule has 2 rings (SSSR count). The number of nitrogens with zero attached hydrogens (tertiary/aromatic N) is 1. The summed E-state index contributed by atoms with van der Waals surface area (Å²) >= 11 is 0. The highest BCUT2D eigenvalue weighted by Gasteiger charge is 2.28. The number of ether oxygens (including phenoxy) is 2. The van der Waals surface area contributed by atoms with Crippen LogP contribution in [0.2, 0.25) is 0 Å². The first-order valence-corrected chi connectivity index (χ1v) is 7.58. The Morgan fingerprint density at radius 2 is 2.24 bits per heavy atom. The van der Waals surface area contributed by atoms with Gasteiger partial charge in [-0.25, -0.2) is 0 Å². The van der Waals surface area contributed by atoms with Crippen molar-refractivity contribution in [1.29, 1.82) is 0 Å². The van der Waals surface area contributed by atoms with Crippen molar-refractivity contribution in [2.75, 3.05) is 26.8 Å². The van der Waals surface area contributed by atoms with Crippen LogP contribution in [0, 0.1) is 6.92 Å². The van der Waals surface area contributed by atoms with Crippen LogP contribution in [0.15, 0.2) is 18.2 Å². The van der Waals surface area contributed by atoms with Crippen molar-refractivity contribution in [3.63, 3.8) is 0 Å². The molecule has 0 bridgehead atoms. The second kappa shape index (κ2) is 7.05. The van der Waals surface area contributed by atoms with Crippen molar-refractivity contribution >= 4 is 5.78 Å². The van der Waals surface area contributed by atoms with Gasteiger partial charge in [0.25, 0.3) is 0 Å². The fourth-order valence-electron chi connectivity index (χ4n) is 2.78. The van der Waals surface area contributed by atoms with Crippen molar-refractivity contribution in [2.24, 2.45) is 0 Å². The highest BCUT2D eigenvalue weighted by Crippen LogP contribution is 2.22. The number of methoxy groups -OCH3 is 1. The monoisotopic (exact) mass is 291 g/mol. The number of benzene rings is 1. The first kappa shape index (κ1) is 16.0. The van der Waals surface area contributed by atoms with E-state index in [9.17, 15) is 4.79 Å². The van der Waals surface area contributed by atoms with Crippen LogP contribution in [0.3, 0.4) is 0 Å². The van der Waals surface area contributed by atoms with E-state index in [1.807, 2.05) is 25.1 Å². The Hall–Kier alpha value is -1.39. The van der Waals surface area contributed by atoms with E-state index in [1.54, 1.807) is 7.11 Å². The first-order chi connectivity index (χ1) is 10.0. The van der Waals surface area contributed by atoms with E-state index in [2.05, 4.69) is 18.7 Å². The Bertz CT molecular complexity index is 501. The number of hydrogen-bond acceptors (Lipinski definition) is 4. The second-order valence-electron chi connectivity index (χ2n) is 5.76. The predicted octanol–water partition coefficient (Wildman–Crippen LogP) is 2.69. The van der Waals surface area contributed by atoms with Gasteiger partial charge in [0, 0.05) is 12.6 Å². The molecule has 1 aliphatic rings. The molecule has 1 aliphatic heterocycles.